The third-order valence-corrected chi connectivity index (χ3v) is 3.03. The molecule has 1 aromatic rings. The Morgan fingerprint density at radius 3 is 2.56 bits per heavy atom. The summed E-state index contributed by atoms with van der Waals surface area (Å²) in [6, 6.07) is 3.46. The smallest absolute Gasteiger partial charge is 0.142 e. The van der Waals surface area contributed by atoms with Crippen LogP contribution < -0.4 is 4.74 Å². The van der Waals surface area contributed by atoms with Crippen LogP contribution >= 0.6 is 34.8 Å². The minimum atomic E-state index is 0.130. The molecule has 0 aliphatic rings. The normalized spacial score (nSPS) is 12.6. The number of hydrogen-bond acceptors (Lipinski definition) is 1. The van der Waals surface area contributed by atoms with Gasteiger partial charge in [0.2, 0.25) is 0 Å². The van der Waals surface area contributed by atoms with E-state index in [4.69, 9.17) is 39.5 Å². The van der Waals surface area contributed by atoms with E-state index in [1.54, 1.807) is 12.1 Å². The summed E-state index contributed by atoms with van der Waals surface area (Å²) in [5.41, 5.74) is 0.835. The van der Waals surface area contributed by atoms with Gasteiger partial charge in [0.1, 0.15) is 5.75 Å². The van der Waals surface area contributed by atoms with Gasteiger partial charge in [-0.25, -0.2) is 0 Å². The second-order valence-corrected chi connectivity index (χ2v) is 4.84. The first kappa shape index (κ1) is 14.0. The van der Waals surface area contributed by atoms with Gasteiger partial charge in [-0.2, -0.15) is 0 Å². The lowest BCUT2D eigenvalue weighted by molar-refractivity contribution is 0.208. The summed E-state index contributed by atoms with van der Waals surface area (Å²) in [5, 5.41) is 1.10. The zero-order valence-corrected chi connectivity index (χ0v) is 11.7. The number of rotatable bonds is 5. The summed E-state index contributed by atoms with van der Waals surface area (Å²) >= 11 is 17.8. The van der Waals surface area contributed by atoms with E-state index in [1.807, 2.05) is 6.92 Å². The van der Waals surface area contributed by atoms with E-state index >= 15 is 0 Å². The molecule has 90 valence electrons. The summed E-state index contributed by atoms with van der Waals surface area (Å²) in [6.45, 7) is 4.14. The van der Waals surface area contributed by atoms with Crippen LogP contribution in [-0.2, 0) is 5.88 Å². The van der Waals surface area contributed by atoms with Gasteiger partial charge < -0.3 is 4.74 Å². The molecule has 0 heterocycles. The molecule has 0 radical (unpaired) electrons. The average molecular weight is 282 g/mol. The number of ether oxygens (including phenoxy) is 1. The Morgan fingerprint density at radius 2 is 2.00 bits per heavy atom. The molecule has 16 heavy (non-hydrogen) atoms. The van der Waals surface area contributed by atoms with Crippen molar-refractivity contribution in [3.63, 3.8) is 0 Å². The van der Waals surface area contributed by atoms with E-state index < -0.39 is 0 Å². The van der Waals surface area contributed by atoms with Crippen LogP contribution in [0, 0.1) is 0 Å². The van der Waals surface area contributed by atoms with Gasteiger partial charge in [-0.15, -0.1) is 11.6 Å². The predicted octanol–water partition coefficient (Wildman–Crippen LogP) is 5.30. The standard InChI is InChI=1S/C12H15Cl3O/c1-3-4-8(2)16-12-9(7-13)5-10(14)6-11(12)15/h5-6,8H,3-4,7H2,1-2H3. The first-order chi connectivity index (χ1) is 7.58. The van der Waals surface area contributed by atoms with Crippen LogP contribution in [0.15, 0.2) is 12.1 Å². The molecule has 0 fully saturated rings. The van der Waals surface area contributed by atoms with Crippen LogP contribution in [0.4, 0.5) is 0 Å². The minimum Gasteiger partial charge on any atom is -0.489 e. The maximum absolute atomic E-state index is 6.09. The summed E-state index contributed by atoms with van der Waals surface area (Å²) < 4.78 is 5.79. The molecule has 1 unspecified atom stereocenters. The van der Waals surface area contributed by atoms with Gasteiger partial charge in [-0.05, 0) is 25.5 Å². The van der Waals surface area contributed by atoms with Crippen molar-refractivity contribution in [3.8, 4) is 5.75 Å². The van der Waals surface area contributed by atoms with Crippen molar-refractivity contribution >= 4 is 34.8 Å². The first-order valence-corrected chi connectivity index (χ1v) is 6.58. The number of halogens is 3. The van der Waals surface area contributed by atoms with Crippen LogP contribution in [0.5, 0.6) is 5.75 Å². The van der Waals surface area contributed by atoms with Gasteiger partial charge in [0.05, 0.1) is 17.0 Å². The summed E-state index contributed by atoms with van der Waals surface area (Å²) in [7, 11) is 0. The fourth-order valence-electron chi connectivity index (χ4n) is 1.51. The number of benzene rings is 1. The summed E-state index contributed by atoms with van der Waals surface area (Å²) in [4.78, 5) is 0. The van der Waals surface area contributed by atoms with Crippen molar-refractivity contribution in [1.29, 1.82) is 0 Å². The maximum Gasteiger partial charge on any atom is 0.142 e. The molecule has 1 atom stereocenters. The molecule has 0 spiro atoms. The molecule has 0 amide bonds. The highest BCUT2D eigenvalue weighted by molar-refractivity contribution is 6.36. The lowest BCUT2D eigenvalue weighted by Gasteiger charge is -2.17. The first-order valence-electron chi connectivity index (χ1n) is 5.29. The van der Waals surface area contributed by atoms with Gasteiger partial charge in [0, 0.05) is 10.6 Å². The van der Waals surface area contributed by atoms with Crippen molar-refractivity contribution < 1.29 is 4.74 Å². The van der Waals surface area contributed by atoms with Crippen LogP contribution in [0.2, 0.25) is 10.0 Å². The van der Waals surface area contributed by atoms with Crippen LogP contribution in [0.1, 0.15) is 32.3 Å². The van der Waals surface area contributed by atoms with Crippen LogP contribution in [0.25, 0.3) is 0 Å². The Labute approximate surface area is 112 Å². The second-order valence-electron chi connectivity index (χ2n) is 3.73. The van der Waals surface area contributed by atoms with E-state index in [1.165, 1.54) is 0 Å². The van der Waals surface area contributed by atoms with Gasteiger partial charge in [0.15, 0.2) is 0 Å². The molecule has 0 N–H and O–H groups in total. The monoisotopic (exact) mass is 280 g/mol. The van der Waals surface area contributed by atoms with Gasteiger partial charge in [-0.3, -0.25) is 0 Å². The van der Waals surface area contributed by atoms with Crippen molar-refractivity contribution in [2.45, 2.75) is 38.7 Å². The lowest BCUT2D eigenvalue weighted by Crippen LogP contribution is -2.12. The Bertz CT molecular complexity index is 352. The van der Waals surface area contributed by atoms with Crippen molar-refractivity contribution in [2.24, 2.45) is 0 Å². The Balaban J connectivity index is 2.93. The van der Waals surface area contributed by atoms with Gasteiger partial charge in [0.25, 0.3) is 0 Å². The zero-order chi connectivity index (χ0) is 12.1. The maximum atomic E-state index is 6.09. The largest absolute Gasteiger partial charge is 0.489 e. The average Bonchev–Trinajstić information content (AvgIpc) is 2.22. The molecule has 1 aromatic carbocycles. The SMILES string of the molecule is CCCC(C)Oc1c(Cl)cc(Cl)cc1CCl. The molecular formula is C12H15Cl3O. The molecule has 4 heteroatoms. The number of alkyl halides is 1. The molecule has 0 aliphatic heterocycles. The quantitative estimate of drug-likeness (QED) is 0.666. The molecule has 0 aromatic heterocycles. The minimum absolute atomic E-state index is 0.130. The molecule has 0 saturated heterocycles. The second kappa shape index (κ2) is 6.58. The highest BCUT2D eigenvalue weighted by atomic mass is 35.5. The topological polar surface area (TPSA) is 9.23 Å². The Morgan fingerprint density at radius 1 is 1.31 bits per heavy atom. The van der Waals surface area contributed by atoms with Crippen LogP contribution in [0.3, 0.4) is 0 Å². The van der Waals surface area contributed by atoms with E-state index in [-0.39, 0.29) is 6.10 Å². The molecule has 0 bridgehead atoms. The highest BCUT2D eigenvalue weighted by Gasteiger charge is 2.12. The van der Waals surface area contributed by atoms with E-state index in [9.17, 15) is 0 Å². The molecule has 1 rings (SSSR count). The lowest BCUT2D eigenvalue weighted by atomic mass is 10.2. The Kier molecular flexibility index (Phi) is 5.74. The van der Waals surface area contributed by atoms with E-state index in [0.717, 1.165) is 18.4 Å². The predicted molar refractivity (Wildman–Crippen MR) is 71.0 cm³/mol. The van der Waals surface area contributed by atoms with Crippen LogP contribution in [-0.4, -0.2) is 6.10 Å². The van der Waals surface area contributed by atoms with Crippen molar-refractivity contribution in [1.82, 2.24) is 0 Å². The van der Waals surface area contributed by atoms with Crippen molar-refractivity contribution in [2.75, 3.05) is 0 Å². The van der Waals surface area contributed by atoms with E-state index in [2.05, 4.69) is 6.92 Å². The summed E-state index contributed by atoms with van der Waals surface area (Å²) in [5.74, 6) is 0.996. The molecular weight excluding hydrogens is 266 g/mol. The van der Waals surface area contributed by atoms with Gasteiger partial charge >= 0.3 is 0 Å². The van der Waals surface area contributed by atoms with Gasteiger partial charge in [-0.1, -0.05) is 36.5 Å². The van der Waals surface area contributed by atoms with Crippen molar-refractivity contribution in [3.05, 3.63) is 27.7 Å². The zero-order valence-electron chi connectivity index (χ0n) is 9.40. The molecule has 1 nitrogen and oxygen atoms in total. The summed E-state index contributed by atoms with van der Waals surface area (Å²) in [6.07, 6.45) is 2.19. The number of hydrogen-bond donors (Lipinski definition) is 0. The Hall–Kier alpha value is -0.110. The third-order valence-electron chi connectivity index (χ3n) is 2.24. The molecule has 0 saturated carbocycles. The molecule has 0 aliphatic carbocycles. The fourth-order valence-corrected chi connectivity index (χ4v) is 2.29. The third kappa shape index (κ3) is 3.73. The highest BCUT2D eigenvalue weighted by Crippen LogP contribution is 2.34. The van der Waals surface area contributed by atoms with E-state index in [0.29, 0.717) is 21.7 Å². The fraction of sp³-hybridized carbons (Fsp3) is 0.500.